The van der Waals surface area contributed by atoms with Crippen LogP contribution in [0.2, 0.25) is 0 Å². The van der Waals surface area contributed by atoms with Crippen LogP contribution in [0.25, 0.3) is 0 Å². The Morgan fingerprint density at radius 3 is 2.79 bits per heavy atom. The van der Waals surface area contributed by atoms with E-state index in [1.165, 1.54) is 12.1 Å². The first kappa shape index (κ1) is 22.6. The van der Waals surface area contributed by atoms with Crippen LogP contribution in [0, 0.1) is 17.6 Å². The molecular formula is C20H28F2IN5. The van der Waals surface area contributed by atoms with E-state index in [9.17, 15) is 8.78 Å². The summed E-state index contributed by atoms with van der Waals surface area (Å²) in [6, 6.07) is 4.42. The van der Waals surface area contributed by atoms with E-state index in [4.69, 9.17) is 0 Å². The molecule has 3 unspecified atom stereocenters. The maximum Gasteiger partial charge on any atom is 0.193 e. The van der Waals surface area contributed by atoms with Crippen LogP contribution in [0.4, 0.5) is 8.78 Å². The minimum Gasteiger partial charge on any atom is -0.356 e. The molecule has 2 heterocycles. The van der Waals surface area contributed by atoms with Gasteiger partial charge in [0.15, 0.2) is 17.6 Å². The molecule has 1 aromatic carbocycles. The summed E-state index contributed by atoms with van der Waals surface area (Å²) in [7, 11) is 1.77. The summed E-state index contributed by atoms with van der Waals surface area (Å²) in [5.41, 5.74) is 0.764. The number of likely N-dealkylation sites (tertiary alicyclic amines) is 1. The molecule has 2 aromatic rings. The summed E-state index contributed by atoms with van der Waals surface area (Å²) in [5, 5.41) is 3.39. The lowest BCUT2D eigenvalue weighted by Gasteiger charge is -2.39. The maximum absolute atomic E-state index is 13.5. The van der Waals surface area contributed by atoms with Gasteiger partial charge in [0, 0.05) is 39.1 Å². The van der Waals surface area contributed by atoms with Crippen molar-refractivity contribution in [2.75, 3.05) is 26.7 Å². The van der Waals surface area contributed by atoms with E-state index in [0.717, 1.165) is 31.0 Å². The van der Waals surface area contributed by atoms with Crippen molar-refractivity contribution in [3.8, 4) is 0 Å². The normalized spacial score (nSPS) is 21.2. The molecule has 0 aliphatic carbocycles. The minimum atomic E-state index is -0.817. The monoisotopic (exact) mass is 503 g/mol. The second-order valence-electron chi connectivity index (χ2n) is 7.29. The number of benzene rings is 1. The zero-order valence-corrected chi connectivity index (χ0v) is 18.8. The molecule has 28 heavy (non-hydrogen) atoms. The molecule has 1 fully saturated rings. The highest BCUT2D eigenvalue weighted by Crippen LogP contribution is 2.27. The minimum absolute atomic E-state index is 0. The molecule has 0 bridgehead atoms. The highest BCUT2D eigenvalue weighted by Gasteiger charge is 2.29. The predicted molar refractivity (Wildman–Crippen MR) is 118 cm³/mol. The van der Waals surface area contributed by atoms with Gasteiger partial charge in [-0.3, -0.25) is 4.99 Å². The molecule has 1 aromatic heterocycles. The number of piperidine rings is 1. The lowest BCUT2D eigenvalue weighted by molar-refractivity contribution is 0.189. The van der Waals surface area contributed by atoms with Gasteiger partial charge in [-0.15, -0.1) is 24.0 Å². The van der Waals surface area contributed by atoms with Gasteiger partial charge in [0.05, 0.1) is 12.4 Å². The number of hydrogen-bond acceptors (Lipinski definition) is 2. The Labute approximate surface area is 182 Å². The number of guanidine groups is 1. The van der Waals surface area contributed by atoms with Crippen molar-refractivity contribution < 1.29 is 8.78 Å². The van der Waals surface area contributed by atoms with Gasteiger partial charge in [-0.25, -0.2) is 13.8 Å². The first-order chi connectivity index (χ1) is 13.0. The first-order valence-electron chi connectivity index (χ1n) is 9.37. The van der Waals surface area contributed by atoms with Gasteiger partial charge >= 0.3 is 0 Å². The number of halogens is 3. The Bertz CT molecular complexity index is 781. The molecule has 1 aliphatic rings. The van der Waals surface area contributed by atoms with Crippen LogP contribution in [0.15, 0.2) is 41.9 Å². The molecule has 3 atom stereocenters. The number of aliphatic imine (C=N–C) groups is 1. The van der Waals surface area contributed by atoms with E-state index < -0.39 is 11.6 Å². The van der Waals surface area contributed by atoms with Crippen LogP contribution < -0.4 is 5.32 Å². The summed E-state index contributed by atoms with van der Waals surface area (Å²) >= 11 is 0. The summed E-state index contributed by atoms with van der Waals surface area (Å²) < 4.78 is 28.8. The third kappa shape index (κ3) is 5.21. The Hall–Kier alpha value is -1.71. The summed E-state index contributed by atoms with van der Waals surface area (Å²) in [4.78, 5) is 10.8. The van der Waals surface area contributed by atoms with Gasteiger partial charge in [0.25, 0.3) is 0 Å². The van der Waals surface area contributed by atoms with Crippen molar-refractivity contribution in [2.45, 2.75) is 32.2 Å². The van der Waals surface area contributed by atoms with Crippen molar-refractivity contribution in [3.63, 3.8) is 0 Å². The first-order valence-corrected chi connectivity index (χ1v) is 9.37. The average Bonchev–Trinajstić information content (AvgIpc) is 3.20. The predicted octanol–water partition coefficient (Wildman–Crippen LogP) is 4.04. The van der Waals surface area contributed by atoms with Crippen molar-refractivity contribution in [1.29, 1.82) is 0 Å². The maximum atomic E-state index is 13.5. The van der Waals surface area contributed by atoms with E-state index >= 15 is 0 Å². The largest absolute Gasteiger partial charge is 0.356 e. The molecule has 1 aliphatic heterocycles. The van der Waals surface area contributed by atoms with Crippen LogP contribution in [-0.2, 0) is 0 Å². The Morgan fingerprint density at radius 2 is 2.14 bits per heavy atom. The fourth-order valence-corrected chi connectivity index (χ4v) is 3.61. The molecule has 0 radical (unpaired) electrons. The van der Waals surface area contributed by atoms with Crippen molar-refractivity contribution in [2.24, 2.45) is 10.9 Å². The number of nitrogens with one attached hydrogen (secondary N) is 1. The van der Waals surface area contributed by atoms with Crippen LogP contribution >= 0.6 is 24.0 Å². The van der Waals surface area contributed by atoms with Crippen LogP contribution in [0.3, 0.4) is 0 Å². The van der Waals surface area contributed by atoms with Crippen molar-refractivity contribution in [1.82, 2.24) is 19.8 Å². The molecule has 0 amide bonds. The molecular weight excluding hydrogens is 475 g/mol. The van der Waals surface area contributed by atoms with Gasteiger partial charge in [-0.1, -0.05) is 19.9 Å². The molecule has 1 N–H and O–H groups in total. The lowest BCUT2D eigenvalue weighted by Crippen LogP contribution is -2.49. The second kappa shape index (κ2) is 10.2. The standard InChI is InChI=1S/C20H27F2N5.HI/c1-14-6-8-26(12-19(14)27-9-7-24-13-27)20(23-3)25-11-15(2)16-4-5-17(21)18(22)10-16;/h4-5,7,9-10,13-15,19H,6,8,11-12H2,1-3H3,(H,23,25);1H. The summed E-state index contributed by atoms with van der Waals surface area (Å²) in [5.74, 6) is -0.194. The highest BCUT2D eigenvalue weighted by atomic mass is 127. The number of aromatic nitrogens is 2. The quantitative estimate of drug-likeness (QED) is 0.389. The Balaban J connectivity index is 0.00000280. The van der Waals surface area contributed by atoms with E-state index in [1.807, 2.05) is 25.6 Å². The third-order valence-electron chi connectivity index (χ3n) is 5.42. The van der Waals surface area contributed by atoms with E-state index in [-0.39, 0.29) is 29.9 Å². The van der Waals surface area contributed by atoms with Gasteiger partial charge in [-0.05, 0) is 36.0 Å². The van der Waals surface area contributed by atoms with Crippen LogP contribution in [0.1, 0.15) is 37.8 Å². The van der Waals surface area contributed by atoms with Crippen molar-refractivity contribution in [3.05, 3.63) is 54.1 Å². The smallest absolute Gasteiger partial charge is 0.193 e. The fourth-order valence-electron chi connectivity index (χ4n) is 3.61. The zero-order chi connectivity index (χ0) is 19.4. The van der Waals surface area contributed by atoms with E-state index in [1.54, 1.807) is 13.1 Å². The Kier molecular flexibility index (Phi) is 8.21. The van der Waals surface area contributed by atoms with E-state index in [2.05, 4.69) is 31.7 Å². The summed E-state index contributed by atoms with van der Waals surface area (Å²) in [6.07, 6.45) is 6.75. The lowest BCUT2D eigenvalue weighted by atomic mass is 9.93. The van der Waals surface area contributed by atoms with Crippen LogP contribution in [0.5, 0.6) is 0 Å². The van der Waals surface area contributed by atoms with Crippen LogP contribution in [-0.4, -0.2) is 47.1 Å². The second-order valence-corrected chi connectivity index (χ2v) is 7.29. The molecule has 5 nitrogen and oxygen atoms in total. The van der Waals surface area contributed by atoms with Gasteiger partial charge in [-0.2, -0.15) is 0 Å². The van der Waals surface area contributed by atoms with Gasteiger partial charge < -0.3 is 14.8 Å². The zero-order valence-electron chi connectivity index (χ0n) is 16.5. The molecule has 0 spiro atoms. The van der Waals surface area contributed by atoms with Gasteiger partial charge in [0.2, 0.25) is 0 Å². The third-order valence-corrected chi connectivity index (χ3v) is 5.42. The molecule has 8 heteroatoms. The van der Waals surface area contributed by atoms with Gasteiger partial charge in [0.1, 0.15) is 0 Å². The number of imidazole rings is 1. The molecule has 154 valence electrons. The molecule has 3 rings (SSSR count). The topological polar surface area (TPSA) is 45.5 Å². The average molecular weight is 503 g/mol. The number of hydrogen-bond donors (Lipinski definition) is 1. The van der Waals surface area contributed by atoms with Crippen molar-refractivity contribution >= 4 is 29.9 Å². The molecule has 0 saturated carbocycles. The summed E-state index contributed by atoms with van der Waals surface area (Å²) in [6.45, 7) is 6.64. The Morgan fingerprint density at radius 1 is 1.36 bits per heavy atom. The highest BCUT2D eigenvalue weighted by molar-refractivity contribution is 14.0. The van der Waals surface area contributed by atoms with E-state index in [0.29, 0.717) is 18.5 Å². The molecule has 1 saturated heterocycles. The number of rotatable bonds is 4. The number of nitrogens with zero attached hydrogens (tertiary/aromatic N) is 4. The SMILES string of the molecule is CN=C(NCC(C)c1ccc(F)c(F)c1)N1CCC(C)C(n2ccnc2)C1.I. The fraction of sp³-hybridized carbons (Fsp3) is 0.500.